The van der Waals surface area contributed by atoms with Crippen LogP contribution in [0.15, 0.2) is 140 Å². The molecular weight excluding hydrogens is 716 g/mol. The standard InChI is InChI=1S/C49H47B2N3O4/c1-46(2)47(3,4)56-50(55-46)37-29-36(30-38(31-37)51-57-48(5,6)49(7,8)58-51)40-27-26-39(41-24-15-16-25-42(40)41)34-22-17-23-35(28-34)45-53-43(32-18-11-9-12-19-32)52-44(54-45)33-20-13-10-14-21-33/h9-31H,1-8H3. The van der Waals surface area contributed by atoms with E-state index in [-0.39, 0.29) is 0 Å². The van der Waals surface area contributed by atoms with E-state index in [1.807, 2.05) is 60.7 Å². The lowest BCUT2D eigenvalue weighted by molar-refractivity contribution is 0.00578. The van der Waals surface area contributed by atoms with Crippen molar-refractivity contribution in [3.8, 4) is 56.4 Å². The molecule has 58 heavy (non-hydrogen) atoms. The highest BCUT2D eigenvalue weighted by molar-refractivity contribution is 6.66. The van der Waals surface area contributed by atoms with Gasteiger partial charge in [-0.05, 0) is 105 Å². The van der Waals surface area contributed by atoms with E-state index in [1.165, 1.54) is 0 Å². The maximum atomic E-state index is 6.60. The summed E-state index contributed by atoms with van der Waals surface area (Å²) >= 11 is 0. The summed E-state index contributed by atoms with van der Waals surface area (Å²) in [6.45, 7) is 16.7. The van der Waals surface area contributed by atoms with E-state index in [1.54, 1.807) is 0 Å². The summed E-state index contributed by atoms with van der Waals surface area (Å²) < 4.78 is 26.4. The molecule has 2 aliphatic rings. The maximum absolute atomic E-state index is 6.60. The van der Waals surface area contributed by atoms with E-state index >= 15 is 0 Å². The van der Waals surface area contributed by atoms with Gasteiger partial charge in [-0.3, -0.25) is 0 Å². The Morgan fingerprint density at radius 2 is 0.707 bits per heavy atom. The van der Waals surface area contributed by atoms with Gasteiger partial charge in [0.25, 0.3) is 0 Å². The van der Waals surface area contributed by atoms with Gasteiger partial charge in [0.05, 0.1) is 22.4 Å². The summed E-state index contributed by atoms with van der Waals surface area (Å²) in [6, 6.07) is 48.1. The number of benzene rings is 6. The van der Waals surface area contributed by atoms with Crippen molar-refractivity contribution in [1.29, 1.82) is 0 Å². The first-order valence-electron chi connectivity index (χ1n) is 20.0. The minimum Gasteiger partial charge on any atom is -0.399 e. The molecule has 7 aromatic rings. The molecule has 9 rings (SSSR count). The van der Waals surface area contributed by atoms with Crippen molar-refractivity contribution < 1.29 is 18.6 Å². The van der Waals surface area contributed by atoms with Crippen molar-refractivity contribution >= 4 is 35.9 Å². The van der Waals surface area contributed by atoms with Gasteiger partial charge in [0, 0.05) is 16.7 Å². The Labute approximate surface area is 342 Å². The van der Waals surface area contributed by atoms with Gasteiger partial charge < -0.3 is 18.6 Å². The molecule has 9 heteroatoms. The van der Waals surface area contributed by atoms with Crippen LogP contribution in [0.5, 0.6) is 0 Å². The fourth-order valence-electron chi connectivity index (χ4n) is 7.63. The van der Waals surface area contributed by atoms with Crippen molar-refractivity contribution in [3.05, 3.63) is 140 Å². The molecule has 0 bridgehead atoms. The molecule has 288 valence electrons. The molecule has 0 atom stereocenters. The van der Waals surface area contributed by atoms with Crippen LogP contribution in [0.4, 0.5) is 0 Å². The number of hydrogen-bond donors (Lipinski definition) is 0. The third-order valence-electron chi connectivity index (χ3n) is 12.4. The number of nitrogens with zero attached hydrogens (tertiary/aromatic N) is 3. The van der Waals surface area contributed by atoms with Gasteiger partial charge in [0.1, 0.15) is 0 Å². The number of hydrogen-bond acceptors (Lipinski definition) is 7. The molecule has 0 aliphatic carbocycles. The minimum atomic E-state index is -0.556. The van der Waals surface area contributed by atoms with Crippen LogP contribution in [0, 0.1) is 0 Å². The Hall–Kier alpha value is -5.44. The minimum absolute atomic E-state index is 0.491. The summed E-state index contributed by atoms with van der Waals surface area (Å²) in [5, 5.41) is 2.25. The van der Waals surface area contributed by atoms with Gasteiger partial charge >= 0.3 is 14.2 Å². The lowest BCUT2D eigenvalue weighted by Crippen LogP contribution is -2.41. The topological polar surface area (TPSA) is 75.6 Å². The van der Waals surface area contributed by atoms with Gasteiger partial charge in [-0.1, -0.05) is 133 Å². The second-order valence-electron chi connectivity index (χ2n) is 17.4. The average molecular weight is 764 g/mol. The Balaban J connectivity index is 1.15. The molecule has 6 aromatic carbocycles. The van der Waals surface area contributed by atoms with Crippen molar-refractivity contribution in [1.82, 2.24) is 15.0 Å². The Kier molecular flexibility index (Phi) is 9.29. The third-order valence-corrected chi connectivity index (χ3v) is 12.4. The molecule has 0 radical (unpaired) electrons. The Bertz CT molecular complexity index is 2520. The fraction of sp³-hybridized carbons (Fsp3) is 0.245. The molecule has 1 aromatic heterocycles. The predicted molar refractivity (Wildman–Crippen MR) is 236 cm³/mol. The van der Waals surface area contributed by atoms with Gasteiger partial charge in [-0.15, -0.1) is 0 Å². The van der Waals surface area contributed by atoms with E-state index in [4.69, 9.17) is 33.6 Å². The van der Waals surface area contributed by atoms with Crippen LogP contribution < -0.4 is 10.9 Å². The van der Waals surface area contributed by atoms with Crippen molar-refractivity contribution in [2.75, 3.05) is 0 Å². The summed E-state index contributed by atoms with van der Waals surface area (Å²) in [5.74, 6) is 1.88. The zero-order chi connectivity index (χ0) is 40.5. The first-order chi connectivity index (χ1) is 27.7. The quantitative estimate of drug-likeness (QED) is 0.150. The Morgan fingerprint density at radius 3 is 1.16 bits per heavy atom. The summed E-state index contributed by atoms with van der Waals surface area (Å²) in [4.78, 5) is 14.9. The van der Waals surface area contributed by atoms with Crippen molar-refractivity contribution in [3.63, 3.8) is 0 Å². The molecule has 7 nitrogen and oxygen atoms in total. The zero-order valence-electron chi connectivity index (χ0n) is 34.4. The molecule has 0 unspecified atom stereocenters. The average Bonchev–Trinajstić information content (AvgIpc) is 3.60. The largest absolute Gasteiger partial charge is 0.494 e. The molecule has 0 amide bonds. The van der Waals surface area contributed by atoms with Crippen LogP contribution in [-0.4, -0.2) is 51.6 Å². The second kappa shape index (κ2) is 14.1. The van der Waals surface area contributed by atoms with Crippen LogP contribution in [0.3, 0.4) is 0 Å². The smallest absolute Gasteiger partial charge is 0.399 e. The van der Waals surface area contributed by atoms with E-state index < -0.39 is 36.6 Å². The molecule has 2 aliphatic heterocycles. The molecular formula is C49H47B2N3O4. The number of rotatable bonds is 7. The van der Waals surface area contributed by atoms with Gasteiger partial charge in [-0.25, -0.2) is 15.0 Å². The summed E-state index contributed by atoms with van der Waals surface area (Å²) in [7, 11) is -1.11. The van der Waals surface area contributed by atoms with Crippen LogP contribution >= 0.6 is 0 Å². The number of aromatic nitrogens is 3. The molecule has 0 saturated carbocycles. The van der Waals surface area contributed by atoms with Crippen molar-refractivity contribution in [2.24, 2.45) is 0 Å². The monoisotopic (exact) mass is 763 g/mol. The highest BCUT2D eigenvalue weighted by Gasteiger charge is 2.54. The maximum Gasteiger partial charge on any atom is 0.494 e. The van der Waals surface area contributed by atoms with E-state index in [2.05, 4.69) is 134 Å². The Morgan fingerprint density at radius 1 is 0.345 bits per heavy atom. The van der Waals surface area contributed by atoms with Crippen LogP contribution in [0.25, 0.3) is 67.2 Å². The van der Waals surface area contributed by atoms with Crippen LogP contribution in [-0.2, 0) is 18.6 Å². The van der Waals surface area contributed by atoms with E-state index in [9.17, 15) is 0 Å². The molecule has 0 spiro atoms. The number of fused-ring (bicyclic) bond motifs is 1. The first-order valence-corrected chi connectivity index (χ1v) is 20.0. The normalized spacial score (nSPS) is 17.9. The third kappa shape index (κ3) is 6.86. The van der Waals surface area contributed by atoms with Crippen molar-refractivity contribution in [2.45, 2.75) is 77.8 Å². The van der Waals surface area contributed by atoms with Crippen LogP contribution in [0.2, 0.25) is 0 Å². The highest BCUT2D eigenvalue weighted by Crippen LogP contribution is 2.40. The molecule has 2 fully saturated rings. The van der Waals surface area contributed by atoms with E-state index in [0.717, 1.165) is 60.6 Å². The van der Waals surface area contributed by atoms with Crippen LogP contribution in [0.1, 0.15) is 55.4 Å². The summed E-state index contributed by atoms with van der Waals surface area (Å²) in [6.07, 6.45) is 0. The molecule has 3 heterocycles. The zero-order valence-corrected chi connectivity index (χ0v) is 34.4. The molecule has 2 saturated heterocycles. The highest BCUT2D eigenvalue weighted by atomic mass is 16.7. The summed E-state index contributed by atoms with van der Waals surface area (Å²) in [5.41, 5.74) is 6.94. The molecule has 0 N–H and O–H groups in total. The fourth-order valence-corrected chi connectivity index (χ4v) is 7.63. The van der Waals surface area contributed by atoms with Gasteiger partial charge in [0.15, 0.2) is 17.5 Å². The lowest BCUT2D eigenvalue weighted by atomic mass is 9.70. The first kappa shape index (κ1) is 38.1. The van der Waals surface area contributed by atoms with Gasteiger partial charge in [0.2, 0.25) is 0 Å². The second-order valence-corrected chi connectivity index (χ2v) is 17.4. The van der Waals surface area contributed by atoms with E-state index in [0.29, 0.717) is 17.5 Å². The van der Waals surface area contributed by atoms with Gasteiger partial charge in [-0.2, -0.15) is 0 Å². The SMILES string of the molecule is CC1(C)OB(c2cc(B3OC(C)(C)C(C)(C)O3)cc(-c3ccc(-c4cccc(-c5nc(-c6ccccc6)nc(-c6ccccc6)n5)c4)c4ccccc34)c2)OC1(C)C. The predicted octanol–water partition coefficient (Wildman–Crippen LogP) is 9.96. The lowest BCUT2D eigenvalue weighted by Gasteiger charge is -2.32.